The number of nitrogens with one attached hydrogen (secondary N) is 2. The van der Waals surface area contributed by atoms with Crippen LogP contribution >= 0.6 is 0 Å². The molecule has 0 aliphatic rings. The Morgan fingerprint density at radius 2 is 2.25 bits per heavy atom. The zero-order valence-electron chi connectivity index (χ0n) is 7.55. The molecule has 4 heteroatoms. The Bertz CT molecular complexity index is 164. The summed E-state index contributed by atoms with van der Waals surface area (Å²) in [5.74, 6) is 0.142. The smallest absolute Gasteiger partial charge is 0.137 e. The summed E-state index contributed by atoms with van der Waals surface area (Å²) in [5, 5.41) is 18.8. The fraction of sp³-hybridized carbons (Fsp3) is 0.750. The molecule has 0 aromatic rings. The zero-order valence-corrected chi connectivity index (χ0v) is 7.55. The van der Waals surface area contributed by atoms with Crippen LogP contribution in [0.5, 0.6) is 0 Å². The van der Waals surface area contributed by atoms with Crippen molar-refractivity contribution in [2.24, 2.45) is 0 Å². The second-order valence-corrected chi connectivity index (χ2v) is 2.79. The first-order valence-corrected chi connectivity index (χ1v) is 4.04. The summed E-state index contributed by atoms with van der Waals surface area (Å²) in [4.78, 5) is 10.6. The lowest BCUT2D eigenvalue weighted by atomic mass is 10.2. The average Bonchev–Trinajstić information content (AvgIpc) is 1.98. The lowest BCUT2D eigenvalue weighted by Crippen LogP contribution is -2.37. The molecule has 0 spiro atoms. The number of aliphatic hydroxyl groups is 1. The average molecular weight is 172 g/mol. The van der Waals surface area contributed by atoms with Gasteiger partial charge >= 0.3 is 0 Å². The highest BCUT2D eigenvalue weighted by Crippen LogP contribution is 1.91. The van der Waals surface area contributed by atoms with Crippen LogP contribution in [0.4, 0.5) is 0 Å². The number of carbonyl (C=O) groups excluding carboxylic acids is 1. The summed E-state index contributed by atoms with van der Waals surface area (Å²) in [5.41, 5.74) is 0. The summed E-state index contributed by atoms with van der Waals surface area (Å²) in [6, 6.07) is -0.100. The van der Waals surface area contributed by atoms with Gasteiger partial charge in [-0.1, -0.05) is 6.92 Å². The van der Waals surface area contributed by atoms with Crippen molar-refractivity contribution in [3.8, 4) is 0 Å². The standard InChI is InChI=1S/C8H16N2O2/c1-3-7(5-11)10-8(9)4-6(2)12/h7,11H,3-5H2,1-2H3,(H2,9,10). The number of hydrogen-bond acceptors (Lipinski definition) is 3. The van der Waals surface area contributed by atoms with Gasteiger partial charge < -0.3 is 10.4 Å². The number of ketones is 1. The van der Waals surface area contributed by atoms with Crippen molar-refractivity contribution in [3.05, 3.63) is 0 Å². The van der Waals surface area contributed by atoms with Crippen molar-refractivity contribution in [2.75, 3.05) is 6.61 Å². The minimum atomic E-state index is -0.100. The van der Waals surface area contributed by atoms with Crippen molar-refractivity contribution in [2.45, 2.75) is 32.7 Å². The molecular formula is C8H16N2O2. The van der Waals surface area contributed by atoms with Crippen LogP contribution in [0.1, 0.15) is 26.7 Å². The van der Waals surface area contributed by atoms with Crippen LogP contribution in [0, 0.1) is 5.41 Å². The molecule has 3 N–H and O–H groups in total. The normalized spacial score (nSPS) is 12.2. The van der Waals surface area contributed by atoms with E-state index in [0.29, 0.717) is 0 Å². The molecular weight excluding hydrogens is 156 g/mol. The van der Waals surface area contributed by atoms with Crippen LogP contribution in [0.25, 0.3) is 0 Å². The Labute approximate surface area is 72.5 Å². The fourth-order valence-corrected chi connectivity index (χ4v) is 0.823. The molecule has 0 fully saturated rings. The van der Waals surface area contributed by atoms with Crippen molar-refractivity contribution in [1.82, 2.24) is 5.32 Å². The van der Waals surface area contributed by atoms with Gasteiger partial charge in [-0.25, -0.2) is 0 Å². The maximum atomic E-state index is 10.6. The van der Waals surface area contributed by atoms with Gasteiger partial charge in [-0.2, -0.15) is 0 Å². The summed E-state index contributed by atoms with van der Waals surface area (Å²) >= 11 is 0. The SMILES string of the molecule is CCC(CO)NC(=N)CC(C)=O. The number of hydrogen-bond donors (Lipinski definition) is 3. The van der Waals surface area contributed by atoms with Gasteiger partial charge in [0.25, 0.3) is 0 Å². The molecule has 70 valence electrons. The third-order valence-corrected chi connectivity index (χ3v) is 1.52. The number of Topliss-reactive ketones (excluding diaryl/α,β-unsaturated/α-hetero) is 1. The number of carbonyl (C=O) groups is 1. The first-order valence-electron chi connectivity index (χ1n) is 4.04. The second-order valence-electron chi connectivity index (χ2n) is 2.79. The molecule has 12 heavy (non-hydrogen) atoms. The Kier molecular flexibility index (Phi) is 5.28. The van der Waals surface area contributed by atoms with E-state index in [0.717, 1.165) is 6.42 Å². The van der Waals surface area contributed by atoms with E-state index in [1.807, 2.05) is 6.92 Å². The minimum absolute atomic E-state index is 0.00319. The van der Waals surface area contributed by atoms with E-state index in [1.54, 1.807) is 0 Å². The third kappa shape index (κ3) is 4.85. The van der Waals surface area contributed by atoms with Crippen molar-refractivity contribution in [1.29, 1.82) is 5.41 Å². The van der Waals surface area contributed by atoms with E-state index in [1.165, 1.54) is 6.92 Å². The Morgan fingerprint density at radius 1 is 1.67 bits per heavy atom. The molecule has 0 aliphatic carbocycles. The lowest BCUT2D eigenvalue weighted by molar-refractivity contribution is -0.115. The predicted molar refractivity (Wildman–Crippen MR) is 47.3 cm³/mol. The van der Waals surface area contributed by atoms with E-state index in [-0.39, 0.29) is 30.7 Å². The highest BCUT2D eigenvalue weighted by molar-refractivity contribution is 5.98. The number of rotatable bonds is 5. The zero-order chi connectivity index (χ0) is 9.56. The monoisotopic (exact) mass is 172 g/mol. The largest absolute Gasteiger partial charge is 0.394 e. The van der Waals surface area contributed by atoms with Gasteiger partial charge in [0.2, 0.25) is 0 Å². The number of aliphatic hydroxyl groups excluding tert-OH is 1. The highest BCUT2D eigenvalue weighted by Gasteiger charge is 2.07. The van der Waals surface area contributed by atoms with E-state index in [2.05, 4.69) is 5.32 Å². The summed E-state index contributed by atoms with van der Waals surface area (Å²) < 4.78 is 0. The summed E-state index contributed by atoms with van der Waals surface area (Å²) in [6.07, 6.45) is 0.868. The molecule has 0 radical (unpaired) electrons. The maximum Gasteiger partial charge on any atom is 0.137 e. The number of amidine groups is 1. The quantitative estimate of drug-likeness (QED) is 0.412. The Morgan fingerprint density at radius 3 is 2.58 bits per heavy atom. The molecule has 0 heterocycles. The molecule has 0 bridgehead atoms. The maximum absolute atomic E-state index is 10.6. The van der Waals surface area contributed by atoms with Crippen LogP contribution in [0.15, 0.2) is 0 Å². The van der Waals surface area contributed by atoms with E-state index in [9.17, 15) is 4.79 Å². The van der Waals surface area contributed by atoms with Crippen LogP contribution < -0.4 is 5.32 Å². The summed E-state index contributed by atoms with van der Waals surface area (Å²) in [7, 11) is 0. The third-order valence-electron chi connectivity index (χ3n) is 1.52. The van der Waals surface area contributed by atoms with Crippen molar-refractivity contribution >= 4 is 11.6 Å². The van der Waals surface area contributed by atoms with Crippen LogP contribution in [0.3, 0.4) is 0 Å². The predicted octanol–water partition coefficient (Wildman–Crippen LogP) is 0.303. The van der Waals surface area contributed by atoms with Crippen molar-refractivity contribution in [3.63, 3.8) is 0 Å². The van der Waals surface area contributed by atoms with Crippen LogP contribution in [0.2, 0.25) is 0 Å². The molecule has 0 saturated carbocycles. The molecule has 0 aliphatic heterocycles. The highest BCUT2D eigenvalue weighted by atomic mass is 16.3. The fourth-order valence-electron chi connectivity index (χ4n) is 0.823. The lowest BCUT2D eigenvalue weighted by Gasteiger charge is -2.14. The van der Waals surface area contributed by atoms with Gasteiger partial charge in [-0.15, -0.1) is 0 Å². The molecule has 1 atom stereocenters. The van der Waals surface area contributed by atoms with Crippen LogP contribution in [-0.2, 0) is 4.79 Å². The molecule has 0 rings (SSSR count). The molecule has 0 amide bonds. The van der Waals surface area contributed by atoms with E-state index < -0.39 is 0 Å². The Hall–Kier alpha value is -0.900. The molecule has 1 unspecified atom stereocenters. The molecule has 4 nitrogen and oxygen atoms in total. The van der Waals surface area contributed by atoms with Gasteiger partial charge in [0.15, 0.2) is 0 Å². The molecule has 0 aromatic heterocycles. The van der Waals surface area contributed by atoms with Gasteiger partial charge in [0.1, 0.15) is 11.6 Å². The molecule has 0 aromatic carbocycles. The van der Waals surface area contributed by atoms with Crippen LogP contribution in [-0.4, -0.2) is 29.4 Å². The second kappa shape index (κ2) is 5.71. The topological polar surface area (TPSA) is 73.2 Å². The van der Waals surface area contributed by atoms with Gasteiger partial charge in [-0.05, 0) is 13.3 Å². The van der Waals surface area contributed by atoms with Gasteiger partial charge in [-0.3, -0.25) is 10.2 Å². The summed E-state index contributed by atoms with van der Waals surface area (Å²) in [6.45, 7) is 3.35. The Balaban J connectivity index is 3.74. The first-order chi connectivity index (χ1) is 5.60. The first kappa shape index (κ1) is 11.1. The van der Waals surface area contributed by atoms with Gasteiger partial charge in [0, 0.05) is 0 Å². The molecule has 0 saturated heterocycles. The minimum Gasteiger partial charge on any atom is -0.394 e. The van der Waals surface area contributed by atoms with Gasteiger partial charge in [0.05, 0.1) is 19.1 Å². The van der Waals surface area contributed by atoms with Crippen molar-refractivity contribution < 1.29 is 9.90 Å². The van der Waals surface area contributed by atoms with E-state index in [4.69, 9.17) is 10.5 Å². The van der Waals surface area contributed by atoms with E-state index >= 15 is 0 Å².